The number of aromatic nitrogens is 1. The molecule has 0 atom stereocenters. The molecule has 1 N–H and O–H groups in total. The highest BCUT2D eigenvalue weighted by molar-refractivity contribution is 6.00. The Morgan fingerprint density at radius 3 is 2.86 bits per heavy atom. The number of pyridine rings is 1. The van der Waals surface area contributed by atoms with Gasteiger partial charge in [-0.2, -0.15) is 0 Å². The first kappa shape index (κ1) is 14.6. The zero-order chi connectivity index (χ0) is 15.7. The molecule has 2 aliphatic rings. The molecule has 0 saturated heterocycles. The number of hydrogen-bond acceptors (Lipinski definition) is 3. The third-order valence-corrected chi connectivity index (χ3v) is 4.00. The molecule has 1 aliphatic heterocycles. The van der Waals surface area contributed by atoms with Crippen LogP contribution < -0.4 is 5.32 Å². The van der Waals surface area contributed by atoms with Gasteiger partial charge in [-0.05, 0) is 48.5 Å². The van der Waals surface area contributed by atoms with Crippen LogP contribution in [0.4, 0.5) is 0 Å². The van der Waals surface area contributed by atoms with Crippen LogP contribution in [0.5, 0.6) is 0 Å². The molecule has 1 aromatic heterocycles. The molecule has 22 heavy (non-hydrogen) atoms. The summed E-state index contributed by atoms with van der Waals surface area (Å²) in [7, 11) is 0. The SMILES string of the molecule is Cc1ccnc(C#CC2=CC3=C(CC(C)(C)CC3=O)NC2)c1. The van der Waals surface area contributed by atoms with Gasteiger partial charge < -0.3 is 5.32 Å². The summed E-state index contributed by atoms with van der Waals surface area (Å²) in [5.74, 6) is 6.43. The first-order valence-corrected chi connectivity index (χ1v) is 7.58. The standard InChI is InChI=1S/C19H20N2O/c1-13-6-7-20-15(8-13)5-4-14-9-16-17(21-12-14)10-19(2,3)11-18(16)22/h6-9,21H,10-12H2,1-3H3. The molecule has 0 aromatic carbocycles. The van der Waals surface area contributed by atoms with Crippen LogP contribution in [0.3, 0.4) is 0 Å². The number of carbonyl (C=O) groups excluding carboxylic acids is 1. The molecular formula is C19H20N2O. The Balaban J connectivity index is 1.87. The molecule has 3 rings (SSSR count). The van der Waals surface area contributed by atoms with E-state index in [1.807, 2.05) is 25.1 Å². The Bertz CT molecular complexity index is 757. The summed E-state index contributed by atoms with van der Waals surface area (Å²) in [4.78, 5) is 16.5. The highest BCUT2D eigenvalue weighted by atomic mass is 16.1. The molecular weight excluding hydrogens is 272 g/mol. The minimum atomic E-state index is 0.0470. The fraction of sp³-hybridized carbons (Fsp3) is 0.368. The van der Waals surface area contributed by atoms with E-state index in [9.17, 15) is 4.79 Å². The third kappa shape index (κ3) is 3.12. The molecule has 112 valence electrons. The smallest absolute Gasteiger partial charge is 0.165 e. The Hall–Kier alpha value is -2.34. The van der Waals surface area contributed by atoms with Crippen molar-refractivity contribution in [3.63, 3.8) is 0 Å². The van der Waals surface area contributed by atoms with Crippen LogP contribution in [0, 0.1) is 24.2 Å². The predicted octanol–water partition coefficient (Wildman–Crippen LogP) is 2.91. The van der Waals surface area contributed by atoms with Gasteiger partial charge in [0, 0.05) is 36.0 Å². The van der Waals surface area contributed by atoms with E-state index in [2.05, 4.69) is 36.0 Å². The second kappa shape index (κ2) is 5.46. The van der Waals surface area contributed by atoms with Gasteiger partial charge in [0.05, 0.1) is 0 Å². The normalized spacial score (nSPS) is 19.6. The first-order chi connectivity index (χ1) is 10.4. The highest BCUT2D eigenvalue weighted by Crippen LogP contribution is 2.37. The topological polar surface area (TPSA) is 42.0 Å². The van der Waals surface area contributed by atoms with Gasteiger partial charge in [-0.1, -0.05) is 19.8 Å². The molecule has 0 radical (unpaired) electrons. The Labute approximate surface area is 131 Å². The van der Waals surface area contributed by atoms with Crippen molar-refractivity contribution in [2.24, 2.45) is 5.41 Å². The molecule has 0 saturated carbocycles. The van der Waals surface area contributed by atoms with Gasteiger partial charge in [0.15, 0.2) is 5.78 Å². The molecule has 0 bridgehead atoms. The van der Waals surface area contributed by atoms with Gasteiger partial charge >= 0.3 is 0 Å². The summed E-state index contributed by atoms with van der Waals surface area (Å²) < 4.78 is 0. The number of rotatable bonds is 0. The molecule has 3 nitrogen and oxygen atoms in total. The third-order valence-electron chi connectivity index (χ3n) is 4.00. The number of hydrogen-bond donors (Lipinski definition) is 1. The molecule has 1 aromatic rings. The molecule has 3 heteroatoms. The van der Waals surface area contributed by atoms with E-state index in [1.165, 1.54) is 0 Å². The number of Topliss-reactive ketones (excluding diaryl/α,β-unsaturated/α-hetero) is 1. The van der Waals surface area contributed by atoms with Crippen LogP contribution in [0.15, 0.2) is 41.2 Å². The zero-order valence-electron chi connectivity index (χ0n) is 13.3. The van der Waals surface area contributed by atoms with Crippen LogP contribution in [0.1, 0.15) is 37.9 Å². The van der Waals surface area contributed by atoms with E-state index in [0.717, 1.165) is 34.5 Å². The van der Waals surface area contributed by atoms with Crippen molar-refractivity contribution in [3.05, 3.63) is 52.5 Å². The monoisotopic (exact) mass is 292 g/mol. The minimum Gasteiger partial charge on any atom is -0.383 e. The number of nitrogens with one attached hydrogen (secondary N) is 1. The highest BCUT2D eigenvalue weighted by Gasteiger charge is 2.33. The van der Waals surface area contributed by atoms with Crippen molar-refractivity contribution in [1.29, 1.82) is 0 Å². The summed E-state index contributed by atoms with van der Waals surface area (Å²) in [6, 6.07) is 3.91. The van der Waals surface area contributed by atoms with Gasteiger partial charge in [-0.15, -0.1) is 0 Å². The molecule has 0 fully saturated rings. The van der Waals surface area contributed by atoms with Crippen molar-refractivity contribution in [1.82, 2.24) is 10.3 Å². The number of ketones is 1. The quantitative estimate of drug-likeness (QED) is 0.748. The second-order valence-corrected chi connectivity index (χ2v) is 6.82. The Kier molecular flexibility index (Phi) is 3.62. The maximum absolute atomic E-state index is 12.3. The average Bonchev–Trinajstić information content (AvgIpc) is 2.44. The number of carbonyl (C=O) groups is 1. The van der Waals surface area contributed by atoms with Gasteiger partial charge in [0.2, 0.25) is 0 Å². The van der Waals surface area contributed by atoms with E-state index >= 15 is 0 Å². The number of allylic oxidation sites excluding steroid dienone is 3. The summed E-state index contributed by atoms with van der Waals surface area (Å²) in [5, 5.41) is 3.37. The predicted molar refractivity (Wildman–Crippen MR) is 87.0 cm³/mol. The van der Waals surface area contributed by atoms with Gasteiger partial charge in [-0.25, -0.2) is 4.98 Å². The summed E-state index contributed by atoms with van der Waals surface area (Å²) >= 11 is 0. The van der Waals surface area contributed by atoms with Crippen LogP contribution in [0.2, 0.25) is 0 Å². The van der Waals surface area contributed by atoms with Crippen LogP contribution in [0.25, 0.3) is 0 Å². The lowest BCUT2D eigenvalue weighted by molar-refractivity contribution is -0.117. The average molecular weight is 292 g/mol. The van der Waals surface area contributed by atoms with E-state index in [-0.39, 0.29) is 11.2 Å². The summed E-state index contributed by atoms with van der Waals surface area (Å²) in [6.45, 7) is 6.98. The van der Waals surface area contributed by atoms with Gasteiger partial charge in [-0.3, -0.25) is 4.79 Å². The fourth-order valence-corrected chi connectivity index (χ4v) is 2.92. The molecule has 0 spiro atoms. The first-order valence-electron chi connectivity index (χ1n) is 7.58. The van der Waals surface area contributed by atoms with Crippen LogP contribution in [-0.4, -0.2) is 17.3 Å². The largest absolute Gasteiger partial charge is 0.383 e. The van der Waals surface area contributed by atoms with E-state index < -0.39 is 0 Å². The lowest BCUT2D eigenvalue weighted by Gasteiger charge is -2.33. The fourth-order valence-electron chi connectivity index (χ4n) is 2.92. The van der Waals surface area contributed by atoms with Gasteiger partial charge in [0.1, 0.15) is 5.69 Å². The maximum Gasteiger partial charge on any atom is 0.165 e. The molecule has 0 amide bonds. The summed E-state index contributed by atoms with van der Waals surface area (Å²) in [5.41, 5.74) is 4.77. The number of nitrogens with zero attached hydrogens (tertiary/aromatic N) is 1. The zero-order valence-corrected chi connectivity index (χ0v) is 13.3. The van der Waals surface area contributed by atoms with Crippen molar-refractivity contribution in [2.45, 2.75) is 33.6 Å². The lowest BCUT2D eigenvalue weighted by atomic mass is 9.75. The van der Waals surface area contributed by atoms with Gasteiger partial charge in [0.25, 0.3) is 0 Å². The number of dihydropyridines is 1. The minimum absolute atomic E-state index is 0.0470. The molecule has 1 aliphatic carbocycles. The van der Waals surface area contributed by atoms with Crippen molar-refractivity contribution >= 4 is 5.78 Å². The Morgan fingerprint density at radius 2 is 2.09 bits per heavy atom. The summed E-state index contributed by atoms with van der Waals surface area (Å²) in [6.07, 6.45) is 5.24. The van der Waals surface area contributed by atoms with E-state index in [4.69, 9.17) is 0 Å². The Morgan fingerprint density at radius 1 is 1.27 bits per heavy atom. The molecule has 2 heterocycles. The van der Waals surface area contributed by atoms with Crippen molar-refractivity contribution in [2.75, 3.05) is 6.54 Å². The maximum atomic E-state index is 12.3. The van der Waals surface area contributed by atoms with Crippen molar-refractivity contribution in [3.8, 4) is 11.8 Å². The molecule has 0 unspecified atom stereocenters. The lowest BCUT2D eigenvalue weighted by Crippen LogP contribution is -2.34. The number of aryl methyl sites for hydroxylation is 1. The van der Waals surface area contributed by atoms with Crippen molar-refractivity contribution < 1.29 is 4.79 Å². The second-order valence-electron chi connectivity index (χ2n) is 6.82. The van der Waals surface area contributed by atoms with E-state index in [0.29, 0.717) is 13.0 Å². The van der Waals surface area contributed by atoms with E-state index in [1.54, 1.807) is 6.20 Å². The van der Waals surface area contributed by atoms with Crippen LogP contribution in [-0.2, 0) is 4.79 Å². The van der Waals surface area contributed by atoms with Crippen LogP contribution >= 0.6 is 0 Å².